The average molecular weight is 378 g/mol. The van der Waals surface area contributed by atoms with Gasteiger partial charge in [0.25, 0.3) is 5.91 Å². The van der Waals surface area contributed by atoms with Crippen molar-refractivity contribution < 1.29 is 27.2 Å². The first-order valence-electron chi connectivity index (χ1n) is 7.55. The summed E-state index contributed by atoms with van der Waals surface area (Å²) < 4.78 is 47.0. The number of ether oxygens (including phenoxy) is 1. The van der Waals surface area contributed by atoms with Crippen molar-refractivity contribution in [3.8, 4) is 28.3 Å². The van der Waals surface area contributed by atoms with E-state index in [0.717, 1.165) is 0 Å². The first kappa shape index (κ1) is 18.2. The Kier molecular flexibility index (Phi) is 4.48. The largest absolute Gasteiger partial charge is 0.573 e. The van der Waals surface area contributed by atoms with E-state index in [-0.39, 0.29) is 39.7 Å². The normalized spacial score (nSPS) is 11.4. The van der Waals surface area contributed by atoms with Gasteiger partial charge in [0.2, 0.25) is 0 Å². The highest BCUT2D eigenvalue weighted by molar-refractivity contribution is 5.99. The third kappa shape index (κ3) is 3.68. The number of amides is 1. The first-order chi connectivity index (χ1) is 12.7. The second kappa shape index (κ2) is 6.63. The Balaban J connectivity index is 2.06. The molecule has 2 aromatic heterocycles. The third-order valence-corrected chi connectivity index (χ3v) is 3.67. The number of para-hydroxylation sites is 1. The summed E-state index contributed by atoms with van der Waals surface area (Å²) in [5.74, 6) is -1.23. The lowest BCUT2D eigenvalue weighted by Gasteiger charge is -2.14. The van der Waals surface area contributed by atoms with E-state index in [1.54, 1.807) is 0 Å². The van der Waals surface area contributed by atoms with Gasteiger partial charge in [-0.1, -0.05) is 23.4 Å². The number of carbonyl (C=O) groups excluding carboxylic acids is 1. The SMILES string of the molecule is Cc1noc(-c2ccc(-c3ccccc3OC(F)(F)F)c(N)n2)c1C(N)=O. The monoisotopic (exact) mass is 378 g/mol. The molecule has 0 saturated heterocycles. The zero-order valence-electron chi connectivity index (χ0n) is 13.9. The summed E-state index contributed by atoms with van der Waals surface area (Å²) in [7, 11) is 0. The van der Waals surface area contributed by atoms with Crippen LogP contribution in [0.15, 0.2) is 40.9 Å². The van der Waals surface area contributed by atoms with Gasteiger partial charge in [-0.05, 0) is 25.1 Å². The van der Waals surface area contributed by atoms with Gasteiger partial charge >= 0.3 is 6.36 Å². The summed E-state index contributed by atoms with van der Waals surface area (Å²) in [6.45, 7) is 1.54. The fourth-order valence-corrected chi connectivity index (χ4v) is 2.57. The number of halogens is 3. The van der Waals surface area contributed by atoms with E-state index in [4.69, 9.17) is 16.0 Å². The Labute approximate surface area is 150 Å². The zero-order chi connectivity index (χ0) is 19.8. The predicted octanol–water partition coefficient (Wildman–Crippen LogP) is 3.29. The molecular weight excluding hydrogens is 365 g/mol. The second-order valence-electron chi connectivity index (χ2n) is 5.51. The smallest absolute Gasteiger partial charge is 0.405 e. The van der Waals surface area contributed by atoms with Gasteiger partial charge in [-0.2, -0.15) is 0 Å². The number of pyridine rings is 1. The van der Waals surface area contributed by atoms with E-state index in [2.05, 4.69) is 14.9 Å². The number of alkyl halides is 3. The highest BCUT2D eigenvalue weighted by atomic mass is 19.4. The van der Waals surface area contributed by atoms with Crippen LogP contribution >= 0.6 is 0 Å². The van der Waals surface area contributed by atoms with Crippen molar-refractivity contribution in [2.45, 2.75) is 13.3 Å². The van der Waals surface area contributed by atoms with E-state index in [0.29, 0.717) is 0 Å². The molecule has 1 amide bonds. The average Bonchev–Trinajstić information content (AvgIpc) is 2.96. The molecule has 27 heavy (non-hydrogen) atoms. The lowest BCUT2D eigenvalue weighted by atomic mass is 10.0. The number of hydrogen-bond acceptors (Lipinski definition) is 6. The van der Waals surface area contributed by atoms with Crippen molar-refractivity contribution in [1.29, 1.82) is 0 Å². The summed E-state index contributed by atoms with van der Waals surface area (Å²) in [4.78, 5) is 15.7. The number of aryl methyl sites for hydroxylation is 1. The number of hydrogen-bond donors (Lipinski definition) is 2. The van der Waals surface area contributed by atoms with Gasteiger partial charge in [-0.3, -0.25) is 4.79 Å². The Morgan fingerprint density at radius 1 is 1.15 bits per heavy atom. The summed E-state index contributed by atoms with van der Waals surface area (Å²) in [6, 6.07) is 8.40. The van der Waals surface area contributed by atoms with Crippen LogP contribution in [-0.2, 0) is 0 Å². The molecular formula is C17H13F3N4O3. The van der Waals surface area contributed by atoms with E-state index in [1.807, 2.05) is 0 Å². The topological polar surface area (TPSA) is 117 Å². The van der Waals surface area contributed by atoms with Crippen molar-refractivity contribution in [3.63, 3.8) is 0 Å². The van der Waals surface area contributed by atoms with E-state index in [1.165, 1.54) is 43.3 Å². The lowest BCUT2D eigenvalue weighted by molar-refractivity contribution is -0.274. The number of benzene rings is 1. The van der Waals surface area contributed by atoms with Crippen LogP contribution in [0.1, 0.15) is 16.1 Å². The maximum absolute atomic E-state index is 12.6. The van der Waals surface area contributed by atoms with Crippen molar-refractivity contribution in [3.05, 3.63) is 47.7 Å². The highest BCUT2D eigenvalue weighted by Crippen LogP contribution is 2.37. The van der Waals surface area contributed by atoms with Crippen LogP contribution in [0.25, 0.3) is 22.6 Å². The number of rotatable bonds is 4. The van der Waals surface area contributed by atoms with Crippen LogP contribution in [0.2, 0.25) is 0 Å². The summed E-state index contributed by atoms with van der Waals surface area (Å²) in [6.07, 6.45) is -4.86. The molecule has 2 heterocycles. The van der Waals surface area contributed by atoms with Gasteiger partial charge in [0.1, 0.15) is 22.8 Å². The lowest BCUT2D eigenvalue weighted by Crippen LogP contribution is -2.17. The summed E-state index contributed by atoms with van der Waals surface area (Å²) >= 11 is 0. The number of carbonyl (C=O) groups is 1. The molecule has 0 aliphatic carbocycles. The number of primary amides is 1. The van der Waals surface area contributed by atoms with Gasteiger partial charge in [0.15, 0.2) is 5.76 Å². The van der Waals surface area contributed by atoms with Gasteiger partial charge in [-0.15, -0.1) is 13.2 Å². The minimum atomic E-state index is -4.86. The molecule has 0 aliphatic rings. The number of nitrogen functional groups attached to an aromatic ring is 1. The maximum atomic E-state index is 12.6. The molecule has 140 valence electrons. The summed E-state index contributed by atoms with van der Waals surface area (Å²) in [5, 5.41) is 3.68. The molecule has 0 fully saturated rings. The maximum Gasteiger partial charge on any atom is 0.573 e. The molecule has 1 aromatic carbocycles. The molecule has 3 rings (SSSR count). The second-order valence-corrected chi connectivity index (χ2v) is 5.51. The molecule has 0 unspecified atom stereocenters. The Morgan fingerprint density at radius 3 is 2.48 bits per heavy atom. The standard InChI is InChI=1S/C17H13F3N4O3/c1-8-13(16(22)25)14(27-24-8)11-7-6-10(15(21)23-11)9-4-2-3-5-12(9)26-17(18,19)20/h2-7H,1H3,(H2,21,23)(H2,22,25). The molecule has 4 N–H and O–H groups in total. The third-order valence-electron chi connectivity index (χ3n) is 3.67. The Morgan fingerprint density at radius 2 is 1.85 bits per heavy atom. The molecule has 10 heteroatoms. The number of anilines is 1. The highest BCUT2D eigenvalue weighted by Gasteiger charge is 2.32. The van der Waals surface area contributed by atoms with Crippen LogP contribution in [0, 0.1) is 6.92 Å². The number of aromatic nitrogens is 2. The van der Waals surface area contributed by atoms with Crippen molar-refractivity contribution in [2.75, 3.05) is 5.73 Å². The Bertz CT molecular complexity index is 1010. The van der Waals surface area contributed by atoms with E-state index >= 15 is 0 Å². The van der Waals surface area contributed by atoms with E-state index < -0.39 is 18.0 Å². The predicted molar refractivity (Wildman–Crippen MR) is 89.5 cm³/mol. The molecule has 0 aliphatic heterocycles. The number of nitrogens with zero attached hydrogens (tertiary/aromatic N) is 2. The molecule has 3 aromatic rings. The van der Waals surface area contributed by atoms with Gasteiger partial charge in [0.05, 0.1) is 5.69 Å². The molecule has 0 bridgehead atoms. The van der Waals surface area contributed by atoms with Crippen LogP contribution < -0.4 is 16.2 Å². The Hall–Kier alpha value is -3.56. The zero-order valence-corrected chi connectivity index (χ0v) is 13.9. The van der Waals surface area contributed by atoms with Crippen LogP contribution in [-0.4, -0.2) is 22.4 Å². The molecule has 7 nitrogen and oxygen atoms in total. The quantitative estimate of drug-likeness (QED) is 0.719. The van der Waals surface area contributed by atoms with Gasteiger partial charge in [0, 0.05) is 11.1 Å². The minimum Gasteiger partial charge on any atom is -0.405 e. The van der Waals surface area contributed by atoms with Crippen molar-refractivity contribution >= 4 is 11.7 Å². The van der Waals surface area contributed by atoms with Crippen molar-refractivity contribution in [2.24, 2.45) is 5.73 Å². The van der Waals surface area contributed by atoms with Gasteiger partial charge < -0.3 is 20.7 Å². The fraction of sp³-hybridized carbons (Fsp3) is 0.118. The van der Waals surface area contributed by atoms with Crippen LogP contribution in [0.4, 0.5) is 19.0 Å². The first-order valence-corrected chi connectivity index (χ1v) is 7.55. The minimum absolute atomic E-state index is 0.0260. The van der Waals surface area contributed by atoms with Crippen molar-refractivity contribution in [1.82, 2.24) is 10.1 Å². The van der Waals surface area contributed by atoms with Crippen LogP contribution in [0.5, 0.6) is 5.75 Å². The van der Waals surface area contributed by atoms with Gasteiger partial charge in [-0.25, -0.2) is 4.98 Å². The molecule has 0 spiro atoms. The van der Waals surface area contributed by atoms with E-state index in [9.17, 15) is 18.0 Å². The molecule has 0 saturated carbocycles. The fourth-order valence-electron chi connectivity index (χ4n) is 2.57. The number of nitrogens with two attached hydrogens (primary N) is 2. The van der Waals surface area contributed by atoms with Crippen LogP contribution in [0.3, 0.4) is 0 Å². The molecule has 0 radical (unpaired) electrons. The molecule has 0 atom stereocenters. The summed E-state index contributed by atoms with van der Waals surface area (Å²) in [5.41, 5.74) is 12.1.